The number of benzene rings is 2. The molecule has 2 heterocycles. The van der Waals surface area contributed by atoms with Gasteiger partial charge in [0.1, 0.15) is 11.6 Å². The third-order valence-corrected chi connectivity index (χ3v) is 6.99. The van der Waals surface area contributed by atoms with Gasteiger partial charge in [-0.05, 0) is 55.9 Å². The van der Waals surface area contributed by atoms with Gasteiger partial charge in [0.2, 0.25) is 0 Å². The summed E-state index contributed by atoms with van der Waals surface area (Å²) in [6.07, 6.45) is -4.49. The SMILES string of the molecule is CCN1CCN(c2c(CN(CCOC)C(=O)c3ccc(C(F)(F)F)cc3)c(C)nn2-c2cccc(F)c2)CC1. The first-order chi connectivity index (χ1) is 18.6. The molecule has 39 heavy (non-hydrogen) atoms. The van der Waals surface area contributed by atoms with Crippen LogP contribution in [0.15, 0.2) is 48.5 Å². The van der Waals surface area contributed by atoms with Gasteiger partial charge in [0.05, 0.1) is 30.1 Å². The van der Waals surface area contributed by atoms with Crippen molar-refractivity contribution in [2.45, 2.75) is 26.6 Å². The molecule has 2 aromatic carbocycles. The highest BCUT2D eigenvalue weighted by Gasteiger charge is 2.31. The van der Waals surface area contributed by atoms with Gasteiger partial charge in [-0.3, -0.25) is 4.79 Å². The second-order valence-corrected chi connectivity index (χ2v) is 9.50. The minimum Gasteiger partial charge on any atom is -0.383 e. The number of aryl methyl sites for hydroxylation is 1. The van der Waals surface area contributed by atoms with Crippen molar-refractivity contribution in [1.29, 1.82) is 0 Å². The van der Waals surface area contributed by atoms with Crippen LogP contribution in [0.25, 0.3) is 5.69 Å². The number of anilines is 1. The van der Waals surface area contributed by atoms with Crippen molar-refractivity contribution in [2.75, 3.05) is 57.9 Å². The molecule has 1 aliphatic rings. The fourth-order valence-corrected chi connectivity index (χ4v) is 4.75. The molecule has 0 unspecified atom stereocenters. The largest absolute Gasteiger partial charge is 0.416 e. The quantitative estimate of drug-likeness (QED) is 0.362. The number of alkyl halides is 3. The van der Waals surface area contributed by atoms with E-state index in [0.717, 1.165) is 56.2 Å². The molecule has 1 aliphatic heterocycles. The van der Waals surface area contributed by atoms with E-state index < -0.39 is 17.6 Å². The molecule has 1 saturated heterocycles. The number of hydrogen-bond acceptors (Lipinski definition) is 5. The van der Waals surface area contributed by atoms with Crippen LogP contribution < -0.4 is 4.90 Å². The number of hydrogen-bond donors (Lipinski definition) is 0. The summed E-state index contributed by atoms with van der Waals surface area (Å²) in [7, 11) is 1.52. The van der Waals surface area contributed by atoms with Crippen molar-refractivity contribution >= 4 is 11.7 Å². The van der Waals surface area contributed by atoms with E-state index in [1.165, 1.54) is 31.4 Å². The lowest BCUT2D eigenvalue weighted by Gasteiger charge is -2.36. The summed E-state index contributed by atoms with van der Waals surface area (Å²) in [5, 5.41) is 4.74. The first-order valence-electron chi connectivity index (χ1n) is 12.9. The Morgan fingerprint density at radius 3 is 2.36 bits per heavy atom. The van der Waals surface area contributed by atoms with Crippen LogP contribution in [0.5, 0.6) is 0 Å². The number of amides is 1. The Morgan fingerprint density at radius 1 is 1.08 bits per heavy atom. The van der Waals surface area contributed by atoms with Gasteiger partial charge in [-0.2, -0.15) is 18.3 Å². The van der Waals surface area contributed by atoms with Gasteiger partial charge in [0.15, 0.2) is 0 Å². The summed E-state index contributed by atoms with van der Waals surface area (Å²) in [5.41, 5.74) is 1.36. The Labute approximate surface area is 225 Å². The van der Waals surface area contributed by atoms with E-state index in [-0.39, 0.29) is 31.1 Å². The Hall–Kier alpha value is -3.44. The molecule has 0 radical (unpaired) electrons. The van der Waals surface area contributed by atoms with E-state index in [2.05, 4.69) is 16.7 Å². The zero-order chi connectivity index (χ0) is 28.2. The highest BCUT2D eigenvalue weighted by Crippen LogP contribution is 2.31. The number of likely N-dealkylation sites (N-methyl/N-ethyl adjacent to an activating group) is 1. The van der Waals surface area contributed by atoms with Gasteiger partial charge >= 0.3 is 6.18 Å². The minimum atomic E-state index is -4.49. The Kier molecular flexibility index (Phi) is 8.91. The van der Waals surface area contributed by atoms with Crippen molar-refractivity contribution in [2.24, 2.45) is 0 Å². The number of ether oxygens (including phenoxy) is 1. The van der Waals surface area contributed by atoms with E-state index >= 15 is 0 Å². The number of methoxy groups -OCH3 is 1. The lowest BCUT2D eigenvalue weighted by atomic mass is 10.1. The van der Waals surface area contributed by atoms with Crippen molar-refractivity contribution in [3.63, 3.8) is 0 Å². The average Bonchev–Trinajstić information content (AvgIpc) is 3.25. The maximum Gasteiger partial charge on any atom is 0.416 e. The summed E-state index contributed by atoms with van der Waals surface area (Å²) in [6.45, 7) is 8.68. The van der Waals surface area contributed by atoms with Gasteiger partial charge in [-0.15, -0.1) is 0 Å². The highest BCUT2D eigenvalue weighted by atomic mass is 19.4. The van der Waals surface area contributed by atoms with Gasteiger partial charge in [0, 0.05) is 51.0 Å². The number of carbonyl (C=O) groups excluding carboxylic acids is 1. The minimum absolute atomic E-state index is 0.146. The van der Waals surface area contributed by atoms with Crippen LogP contribution in [0.2, 0.25) is 0 Å². The molecule has 1 aromatic heterocycles. The zero-order valence-electron chi connectivity index (χ0n) is 22.3. The molecule has 0 aliphatic carbocycles. The first-order valence-corrected chi connectivity index (χ1v) is 12.9. The number of carbonyl (C=O) groups is 1. The van der Waals surface area contributed by atoms with Gasteiger partial charge in [-0.1, -0.05) is 13.0 Å². The first kappa shape index (κ1) is 28.6. The van der Waals surface area contributed by atoms with Crippen LogP contribution in [-0.2, 0) is 17.5 Å². The lowest BCUT2D eigenvalue weighted by Crippen LogP contribution is -2.47. The molecular weight excluding hydrogens is 514 g/mol. The zero-order valence-corrected chi connectivity index (χ0v) is 22.3. The molecule has 0 bridgehead atoms. The highest BCUT2D eigenvalue weighted by molar-refractivity contribution is 5.94. The van der Waals surface area contributed by atoms with Crippen molar-refractivity contribution < 1.29 is 27.1 Å². The molecule has 3 aromatic rings. The van der Waals surface area contributed by atoms with E-state index in [1.54, 1.807) is 21.7 Å². The van der Waals surface area contributed by atoms with Crippen molar-refractivity contribution in [1.82, 2.24) is 19.6 Å². The van der Waals surface area contributed by atoms with Crippen molar-refractivity contribution in [3.05, 3.63) is 76.7 Å². The predicted molar refractivity (Wildman–Crippen MR) is 141 cm³/mol. The predicted octanol–water partition coefficient (Wildman–Crippen LogP) is 4.77. The monoisotopic (exact) mass is 547 g/mol. The fraction of sp³-hybridized carbons (Fsp3) is 0.429. The lowest BCUT2D eigenvalue weighted by molar-refractivity contribution is -0.137. The van der Waals surface area contributed by atoms with Gasteiger partial charge in [0.25, 0.3) is 5.91 Å². The van der Waals surface area contributed by atoms with E-state index in [4.69, 9.17) is 9.84 Å². The second kappa shape index (κ2) is 12.2. The Bertz CT molecular complexity index is 1270. The van der Waals surface area contributed by atoms with Crippen LogP contribution in [-0.4, -0.2) is 78.5 Å². The molecule has 11 heteroatoms. The Morgan fingerprint density at radius 2 is 1.77 bits per heavy atom. The topological polar surface area (TPSA) is 53.8 Å². The standard InChI is InChI=1S/C28H33F4N5O2/c1-4-34-12-14-35(15-13-34)26-25(20(2)33-37(26)24-7-5-6-23(29)18-24)19-36(16-17-39-3)27(38)21-8-10-22(11-9-21)28(30,31)32/h5-11,18H,4,12-17,19H2,1-3H3. The molecule has 210 valence electrons. The molecule has 4 rings (SSSR count). The van der Waals surface area contributed by atoms with Crippen LogP contribution >= 0.6 is 0 Å². The third kappa shape index (κ3) is 6.59. The van der Waals surface area contributed by atoms with E-state index in [0.29, 0.717) is 11.4 Å². The smallest absolute Gasteiger partial charge is 0.383 e. The molecular formula is C28H33F4N5O2. The molecule has 1 fully saturated rings. The van der Waals surface area contributed by atoms with Gasteiger partial charge < -0.3 is 19.4 Å². The Balaban J connectivity index is 1.72. The summed E-state index contributed by atoms with van der Waals surface area (Å²) in [4.78, 5) is 19.6. The second-order valence-electron chi connectivity index (χ2n) is 9.50. The fourth-order valence-electron chi connectivity index (χ4n) is 4.75. The molecule has 0 N–H and O–H groups in total. The molecule has 0 spiro atoms. The van der Waals surface area contributed by atoms with Gasteiger partial charge in [-0.25, -0.2) is 9.07 Å². The van der Waals surface area contributed by atoms with Crippen LogP contribution in [0.3, 0.4) is 0 Å². The number of aromatic nitrogens is 2. The summed E-state index contributed by atoms with van der Waals surface area (Å²) in [6, 6.07) is 10.4. The van der Waals surface area contributed by atoms with Crippen molar-refractivity contribution in [3.8, 4) is 5.69 Å². The van der Waals surface area contributed by atoms with Crippen LogP contribution in [0.4, 0.5) is 23.4 Å². The molecule has 0 atom stereocenters. The maximum absolute atomic E-state index is 14.2. The summed E-state index contributed by atoms with van der Waals surface area (Å²) < 4.78 is 60.3. The maximum atomic E-state index is 14.2. The average molecular weight is 548 g/mol. The third-order valence-electron chi connectivity index (χ3n) is 6.99. The van der Waals surface area contributed by atoms with Crippen LogP contribution in [0, 0.1) is 12.7 Å². The molecule has 7 nitrogen and oxygen atoms in total. The number of piperazine rings is 1. The number of halogens is 4. The van der Waals surface area contributed by atoms with E-state index in [9.17, 15) is 22.4 Å². The molecule has 1 amide bonds. The summed E-state index contributed by atoms with van der Waals surface area (Å²) in [5.74, 6) is -0.0277. The normalized spacial score (nSPS) is 14.6. The summed E-state index contributed by atoms with van der Waals surface area (Å²) >= 11 is 0. The number of nitrogens with zero attached hydrogens (tertiary/aromatic N) is 5. The van der Waals surface area contributed by atoms with Crippen LogP contribution in [0.1, 0.15) is 34.1 Å². The van der Waals surface area contributed by atoms with E-state index in [1.807, 2.05) is 6.92 Å². The number of rotatable bonds is 9. The molecule has 0 saturated carbocycles.